The van der Waals surface area contributed by atoms with Crippen molar-refractivity contribution in [2.45, 2.75) is 52.0 Å². The molecule has 0 aliphatic carbocycles. The van der Waals surface area contributed by atoms with Gasteiger partial charge in [-0.3, -0.25) is 0 Å². The Labute approximate surface area is 85.1 Å². The Morgan fingerprint density at radius 3 is 2.00 bits per heavy atom. The molecule has 0 aliphatic heterocycles. The summed E-state index contributed by atoms with van der Waals surface area (Å²) in [6.07, 6.45) is 2.00. The van der Waals surface area contributed by atoms with Gasteiger partial charge in [-0.05, 0) is 31.7 Å². The van der Waals surface area contributed by atoms with Crippen LogP contribution in [0.4, 0.5) is 0 Å². The molecular formula is C9H25NOSi2. The summed E-state index contributed by atoms with van der Waals surface area (Å²) in [5, 5.41) is 0. The molecule has 0 aromatic carbocycles. The van der Waals surface area contributed by atoms with Crippen molar-refractivity contribution in [3.05, 3.63) is 0 Å². The van der Waals surface area contributed by atoms with Crippen LogP contribution in [0.15, 0.2) is 0 Å². The number of nitrogens with two attached hydrogens (primary N) is 1. The lowest BCUT2D eigenvalue weighted by Gasteiger charge is -2.34. The minimum absolute atomic E-state index is 0.768. The zero-order valence-corrected chi connectivity index (χ0v) is 11.8. The summed E-state index contributed by atoms with van der Waals surface area (Å²) in [6, 6.07) is 2.40. The van der Waals surface area contributed by atoms with Crippen LogP contribution >= 0.6 is 0 Å². The third-order valence-corrected chi connectivity index (χ3v) is 10.8. The van der Waals surface area contributed by atoms with Crippen molar-refractivity contribution in [2.75, 3.05) is 6.17 Å². The summed E-state index contributed by atoms with van der Waals surface area (Å²) in [7, 11) is -2.93. The maximum absolute atomic E-state index is 6.32. The first-order chi connectivity index (χ1) is 5.89. The van der Waals surface area contributed by atoms with Crippen LogP contribution < -0.4 is 5.73 Å². The van der Waals surface area contributed by atoms with E-state index in [1.165, 1.54) is 12.5 Å². The standard InChI is InChI=1S/C9H25NOSi2/c1-6-8-12(3,4)11-13(5,7-2)9-10/h6-10H2,1-5H3. The Kier molecular flexibility index (Phi) is 5.43. The second-order valence-electron chi connectivity index (χ2n) is 4.62. The second kappa shape index (κ2) is 5.29. The fourth-order valence-corrected chi connectivity index (χ4v) is 9.73. The normalized spacial score (nSPS) is 17.1. The van der Waals surface area contributed by atoms with E-state index in [4.69, 9.17) is 9.85 Å². The number of rotatable bonds is 6. The average molecular weight is 219 g/mol. The first-order valence-corrected chi connectivity index (χ1v) is 11.2. The van der Waals surface area contributed by atoms with Crippen LogP contribution in [0.1, 0.15) is 20.3 Å². The van der Waals surface area contributed by atoms with Crippen LogP contribution in [0.2, 0.25) is 31.7 Å². The SMILES string of the molecule is CCC[Si](C)(C)O[Si](C)(CC)CN. The monoisotopic (exact) mass is 219 g/mol. The molecule has 0 spiro atoms. The molecule has 80 valence electrons. The molecule has 4 heteroatoms. The van der Waals surface area contributed by atoms with Crippen LogP contribution in [-0.2, 0) is 4.12 Å². The predicted octanol–water partition coefficient (Wildman–Crippen LogP) is 2.71. The molecule has 0 bridgehead atoms. The lowest BCUT2D eigenvalue weighted by Crippen LogP contribution is -2.51. The Morgan fingerprint density at radius 2 is 1.69 bits per heavy atom. The molecule has 0 fully saturated rings. The fraction of sp³-hybridized carbons (Fsp3) is 1.00. The van der Waals surface area contributed by atoms with Gasteiger partial charge in [0.2, 0.25) is 0 Å². The summed E-state index contributed by atoms with van der Waals surface area (Å²) in [5.41, 5.74) is 5.78. The van der Waals surface area contributed by atoms with Gasteiger partial charge in [0.25, 0.3) is 0 Å². The van der Waals surface area contributed by atoms with Gasteiger partial charge in [-0.25, -0.2) is 0 Å². The summed E-state index contributed by atoms with van der Waals surface area (Å²) < 4.78 is 6.32. The van der Waals surface area contributed by atoms with E-state index in [0.717, 1.165) is 12.2 Å². The molecule has 0 rings (SSSR count). The summed E-state index contributed by atoms with van der Waals surface area (Å²) >= 11 is 0. The van der Waals surface area contributed by atoms with E-state index in [1.54, 1.807) is 0 Å². The molecule has 0 heterocycles. The van der Waals surface area contributed by atoms with E-state index >= 15 is 0 Å². The third kappa shape index (κ3) is 4.95. The molecule has 13 heavy (non-hydrogen) atoms. The van der Waals surface area contributed by atoms with E-state index in [2.05, 4.69) is 33.5 Å². The van der Waals surface area contributed by atoms with Gasteiger partial charge in [0.1, 0.15) is 0 Å². The first kappa shape index (κ1) is 13.4. The molecule has 0 aromatic rings. The lowest BCUT2D eigenvalue weighted by molar-refractivity contribution is 0.529. The molecule has 1 unspecified atom stereocenters. The molecule has 0 aliphatic rings. The van der Waals surface area contributed by atoms with Gasteiger partial charge in [-0.15, -0.1) is 0 Å². The van der Waals surface area contributed by atoms with Gasteiger partial charge in [0.15, 0.2) is 16.6 Å². The highest BCUT2D eigenvalue weighted by molar-refractivity contribution is 6.85. The molecule has 2 nitrogen and oxygen atoms in total. The highest BCUT2D eigenvalue weighted by Crippen LogP contribution is 2.21. The third-order valence-electron chi connectivity index (χ3n) is 2.55. The van der Waals surface area contributed by atoms with Crippen molar-refractivity contribution in [2.24, 2.45) is 5.73 Å². The van der Waals surface area contributed by atoms with E-state index in [0.29, 0.717) is 0 Å². The quantitative estimate of drug-likeness (QED) is 0.697. The summed E-state index contributed by atoms with van der Waals surface area (Å²) in [6.45, 7) is 11.3. The fourth-order valence-electron chi connectivity index (χ4n) is 1.58. The summed E-state index contributed by atoms with van der Waals surface area (Å²) in [5.74, 6) is 0. The van der Waals surface area contributed by atoms with E-state index in [9.17, 15) is 0 Å². The van der Waals surface area contributed by atoms with Crippen molar-refractivity contribution < 1.29 is 4.12 Å². The van der Waals surface area contributed by atoms with E-state index in [1.807, 2.05) is 0 Å². The van der Waals surface area contributed by atoms with Gasteiger partial charge in [-0.2, -0.15) is 0 Å². The molecule has 0 aromatic heterocycles. The van der Waals surface area contributed by atoms with Crippen LogP contribution in [0.5, 0.6) is 0 Å². The van der Waals surface area contributed by atoms with Gasteiger partial charge >= 0.3 is 0 Å². The van der Waals surface area contributed by atoms with Crippen LogP contribution in [0.25, 0.3) is 0 Å². The number of hydrogen-bond donors (Lipinski definition) is 1. The lowest BCUT2D eigenvalue weighted by atomic mass is 10.6. The van der Waals surface area contributed by atoms with Crippen molar-refractivity contribution in [3.63, 3.8) is 0 Å². The predicted molar refractivity (Wildman–Crippen MR) is 64.8 cm³/mol. The van der Waals surface area contributed by atoms with Crippen LogP contribution in [0.3, 0.4) is 0 Å². The molecule has 2 N–H and O–H groups in total. The maximum Gasteiger partial charge on any atom is 0.189 e. The maximum atomic E-state index is 6.32. The molecule has 0 amide bonds. The van der Waals surface area contributed by atoms with E-state index in [-0.39, 0.29) is 0 Å². The van der Waals surface area contributed by atoms with Crippen molar-refractivity contribution in [1.82, 2.24) is 0 Å². The molecule has 0 saturated carbocycles. The van der Waals surface area contributed by atoms with E-state index < -0.39 is 16.6 Å². The largest absolute Gasteiger partial charge is 0.454 e. The van der Waals surface area contributed by atoms with Gasteiger partial charge < -0.3 is 9.85 Å². The van der Waals surface area contributed by atoms with Crippen LogP contribution in [-0.4, -0.2) is 22.8 Å². The van der Waals surface area contributed by atoms with Crippen molar-refractivity contribution in [1.29, 1.82) is 0 Å². The Hall–Kier alpha value is 0.354. The van der Waals surface area contributed by atoms with Gasteiger partial charge in [-0.1, -0.05) is 20.3 Å². The minimum atomic E-state index is -1.53. The van der Waals surface area contributed by atoms with Crippen molar-refractivity contribution >= 4 is 16.6 Å². The summed E-state index contributed by atoms with van der Waals surface area (Å²) in [4.78, 5) is 0. The molecule has 0 radical (unpaired) electrons. The highest BCUT2D eigenvalue weighted by atomic mass is 28.4. The van der Waals surface area contributed by atoms with Gasteiger partial charge in [0.05, 0.1) is 0 Å². The molecular weight excluding hydrogens is 194 g/mol. The second-order valence-corrected chi connectivity index (χ2v) is 13.5. The Morgan fingerprint density at radius 1 is 1.15 bits per heavy atom. The van der Waals surface area contributed by atoms with Gasteiger partial charge in [0, 0.05) is 6.17 Å². The smallest absolute Gasteiger partial charge is 0.189 e. The Balaban J connectivity index is 4.21. The average Bonchev–Trinajstić information content (AvgIpc) is 2.03. The van der Waals surface area contributed by atoms with Crippen molar-refractivity contribution in [3.8, 4) is 0 Å². The first-order valence-electron chi connectivity index (χ1n) is 5.29. The zero-order valence-electron chi connectivity index (χ0n) is 9.81. The van der Waals surface area contributed by atoms with Crippen LogP contribution in [0, 0.1) is 0 Å². The Bertz CT molecular complexity index is 147. The zero-order chi connectivity index (χ0) is 10.5. The number of hydrogen-bond acceptors (Lipinski definition) is 2. The topological polar surface area (TPSA) is 35.2 Å². The molecule has 0 saturated heterocycles. The molecule has 1 atom stereocenters. The highest BCUT2D eigenvalue weighted by Gasteiger charge is 2.33. The minimum Gasteiger partial charge on any atom is -0.454 e.